The van der Waals surface area contributed by atoms with Crippen LogP contribution < -0.4 is 10.1 Å². The summed E-state index contributed by atoms with van der Waals surface area (Å²) < 4.78 is 10.9. The second kappa shape index (κ2) is 7.15. The predicted molar refractivity (Wildman–Crippen MR) is 88.7 cm³/mol. The number of hydrogen-bond donors (Lipinski definition) is 1. The average Bonchev–Trinajstić information content (AvgIpc) is 2.63. The summed E-state index contributed by atoms with van der Waals surface area (Å²) in [5.41, 5.74) is 1.84. The third-order valence-corrected chi connectivity index (χ3v) is 3.87. The highest BCUT2D eigenvalue weighted by Gasteiger charge is 2.25. The summed E-state index contributed by atoms with van der Waals surface area (Å²) in [5.74, 6) is 0.763. The molecule has 2 aromatic rings. The summed E-state index contributed by atoms with van der Waals surface area (Å²) in [4.78, 5) is 14.2. The SMILES string of the molecule is COc1ccc(NC(=O)N2CCOC(c3ccccc3)C2)cc1. The second-order valence-electron chi connectivity index (χ2n) is 5.37. The van der Waals surface area contributed by atoms with Crippen LogP contribution >= 0.6 is 0 Å². The van der Waals surface area contributed by atoms with Crippen LogP contribution in [-0.2, 0) is 4.74 Å². The average molecular weight is 312 g/mol. The predicted octanol–water partition coefficient (Wildman–Crippen LogP) is 3.30. The number of rotatable bonds is 3. The van der Waals surface area contributed by atoms with E-state index in [9.17, 15) is 4.79 Å². The van der Waals surface area contributed by atoms with Crippen molar-refractivity contribution in [2.24, 2.45) is 0 Å². The Morgan fingerprint density at radius 1 is 1.17 bits per heavy atom. The largest absolute Gasteiger partial charge is 0.497 e. The fourth-order valence-electron chi connectivity index (χ4n) is 2.58. The van der Waals surface area contributed by atoms with Gasteiger partial charge in [0.1, 0.15) is 11.9 Å². The van der Waals surface area contributed by atoms with Gasteiger partial charge in [0, 0.05) is 12.2 Å². The van der Waals surface area contributed by atoms with Crippen molar-refractivity contribution in [2.45, 2.75) is 6.10 Å². The van der Waals surface area contributed by atoms with Crippen molar-refractivity contribution in [2.75, 3.05) is 32.1 Å². The quantitative estimate of drug-likeness (QED) is 0.946. The molecule has 1 aliphatic heterocycles. The number of nitrogens with zero attached hydrogens (tertiary/aromatic N) is 1. The molecule has 120 valence electrons. The van der Waals surface area contributed by atoms with Crippen molar-refractivity contribution in [1.82, 2.24) is 4.90 Å². The lowest BCUT2D eigenvalue weighted by Crippen LogP contribution is -2.44. The summed E-state index contributed by atoms with van der Waals surface area (Å²) in [6.45, 7) is 1.67. The molecular weight excluding hydrogens is 292 g/mol. The highest BCUT2D eigenvalue weighted by molar-refractivity contribution is 5.89. The Balaban J connectivity index is 1.62. The summed E-state index contributed by atoms with van der Waals surface area (Å²) in [6, 6.07) is 17.2. The molecular formula is C18H20N2O3. The van der Waals surface area contributed by atoms with Gasteiger partial charge in [0.2, 0.25) is 0 Å². The Morgan fingerprint density at radius 3 is 2.61 bits per heavy atom. The molecule has 0 spiro atoms. The number of ether oxygens (including phenoxy) is 2. The van der Waals surface area contributed by atoms with E-state index >= 15 is 0 Å². The molecule has 23 heavy (non-hydrogen) atoms. The molecule has 5 heteroatoms. The van der Waals surface area contributed by atoms with Crippen LogP contribution in [0, 0.1) is 0 Å². The van der Waals surface area contributed by atoms with Gasteiger partial charge in [-0.3, -0.25) is 0 Å². The van der Waals surface area contributed by atoms with E-state index in [0.717, 1.165) is 17.0 Å². The molecule has 0 aliphatic carbocycles. The van der Waals surface area contributed by atoms with Crippen LogP contribution in [0.2, 0.25) is 0 Å². The van der Waals surface area contributed by atoms with Gasteiger partial charge in [-0.1, -0.05) is 30.3 Å². The van der Waals surface area contributed by atoms with Crippen molar-refractivity contribution in [3.05, 3.63) is 60.2 Å². The van der Waals surface area contributed by atoms with E-state index in [1.54, 1.807) is 12.0 Å². The van der Waals surface area contributed by atoms with Gasteiger partial charge in [0.25, 0.3) is 0 Å². The summed E-state index contributed by atoms with van der Waals surface area (Å²) in [6.07, 6.45) is -0.0773. The number of carbonyl (C=O) groups excluding carboxylic acids is 1. The Hall–Kier alpha value is -2.53. The monoisotopic (exact) mass is 312 g/mol. The smallest absolute Gasteiger partial charge is 0.322 e. The van der Waals surface area contributed by atoms with Gasteiger partial charge in [-0.15, -0.1) is 0 Å². The molecule has 1 fully saturated rings. The lowest BCUT2D eigenvalue weighted by molar-refractivity contribution is -0.0135. The maximum Gasteiger partial charge on any atom is 0.322 e. The molecule has 1 atom stereocenters. The van der Waals surface area contributed by atoms with E-state index in [1.807, 2.05) is 54.6 Å². The maximum absolute atomic E-state index is 12.4. The molecule has 0 aromatic heterocycles. The van der Waals surface area contributed by atoms with Gasteiger partial charge in [-0.2, -0.15) is 0 Å². The molecule has 1 aliphatic rings. The van der Waals surface area contributed by atoms with E-state index in [-0.39, 0.29) is 12.1 Å². The first-order valence-electron chi connectivity index (χ1n) is 7.63. The van der Waals surface area contributed by atoms with Crippen molar-refractivity contribution in [3.8, 4) is 5.75 Å². The van der Waals surface area contributed by atoms with Crippen LogP contribution in [0.15, 0.2) is 54.6 Å². The number of benzene rings is 2. The van der Waals surface area contributed by atoms with Crippen LogP contribution in [-0.4, -0.2) is 37.7 Å². The molecule has 1 unspecified atom stereocenters. The van der Waals surface area contributed by atoms with E-state index < -0.39 is 0 Å². The van der Waals surface area contributed by atoms with E-state index in [1.165, 1.54) is 0 Å². The zero-order valence-corrected chi connectivity index (χ0v) is 13.1. The Morgan fingerprint density at radius 2 is 1.91 bits per heavy atom. The minimum atomic E-state index is -0.112. The molecule has 3 rings (SSSR count). The topological polar surface area (TPSA) is 50.8 Å². The van der Waals surface area contributed by atoms with Gasteiger partial charge in [0.15, 0.2) is 0 Å². The third kappa shape index (κ3) is 3.81. The van der Waals surface area contributed by atoms with Gasteiger partial charge in [-0.25, -0.2) is 4.79 Å². The molecule has 0 bridgehead atoms. The van der Waals surface area contributed by atoms with E-state index in [2.05, 4.69) is 5.32 Å². The van der Waals surface area contributed by atoms with Gasteiger partial charge >= 0.3 is 6.03 Å². The number of nitrogens with one attached hydrogen (secondary N) is 1. The highest BCUT2D eigenvalue weighted by Crippen LogP contribution is 2.23. The molecule has 1 N–H and O–H groups in total. The molecule has 2 aromatic carbocycles. The van der Waals surface area contributed by atoms with Gasteiger partial charge in [-0.05, 0) is 29.8 Å². The zero-order chi connectivity index (χ0) is 16.1. The number of carbonyl (C=O) groups is 1. The number of amides is 2. The summed E-state index contributed by atoms with van der Waals surface area (Å²) >= 11 is 0. The van der Waals surface area contributed by atoms with Crippen molar-refractivity contribution >= 4 is 11.7 Å². The lowest BCUT2D eigenvalue weighted by atomic mass is 10.1. The van der Waals surface area contributed by atoms with Crippen molar-refractivity contribution in [1.29, 1.82) is 0 Å². The highest BCUT2D eigenvalue weighted by atomic mass is 16.5. The minimum Gasteiger partial charge on any atom is -0.497 e. The molecule has 1 heterocycles. The normalized spacial score (nSPS) is 17.6. The van der Waals surface area contributed by atoms with Crippen LogP contribution in [0.3, 0.4) is 0 Å². The fraction of sp³-hybridized carbons (Fsp3) is 0.278. The summed E-state index contributed by atoms with van der Waals surface area (Å²) in [7, 11) is 1.62. The molecule has 0 saturated carbocycles. The second-order valence-corrected chi connectivity index (χ2v) is 5.37. The Bertz CT molecular complexity index is 643. The standard InChI is InChI=1S/C18H20N2O3/c1-22-16-9-7-15(8-10-16)19-18(21)20-11-12-23-17(13-20)14-5-3-2-4-6-14/h2-10,17H,11-13H2,1H3,(H,19,21). The van der Waals surface area contributed by atoms with E-state index in [4.69, 9.17) is 9.47 Å². The third-order valence-electron chi connectivity index (χ3n) is 3.87. The molecule has 2 amide bonds. The number of urea groups is 1. The van der Waals surface area contributed by atoms with E-state index in [0.29, 0.717) is 19.7 Å². The van der Waals surface area contributed by atoms with Crippen molar-refractivity contribution < 1.29 is 14.3 Å². The zero-order valence-electron chi connectivity index (χ0n) is 13.1. The summed E-state index contributed by atoms with van der Waals surface area (Å²) in [5, 5.41) is 2.91. The van der Waals surface area contributed by atoms with Crippen LogP contribution in [0.5, 0.6) is 5.75 Å². The minimum absolute atomic E-state index is 0.0773. The van der Waals surface area contributed by atoms with Crippen molar-refractivity contribution in [3.63, 3.8) is 0 Å². The number of hydrogen-bond acceptors (Lipinski definition) is 3. The van der Waals surface area contributed by atoms with Gasteiger partial charge < -0.3 is 19.7 Å². The molecule has 1 saturated heterocycles. The van der Waals surface area contributed by atoms with Crippen LogP contribution in [0.1, 0.15) is 11.7 Å². The number of anilines is 1. The fourth-order valence-corrected chi connectivity index (χ4v) is 2.58. The number of methoxy groups -OCH3 is 1. The molecule has 5 nitrogen and oxygen atoms in total. The Labute approximate surface area is 135 Å². The maximum atomic E-state index is 12.4. The first-order valence-corrected chi connectivity index (χ1v) is 7.63. The van der Waals surface area contributed by atoms with Crippen LogP contribution in [0.25, 0.3) is 0 Å². The lowest BCUT2D eigenvalue weighted by Gasteiger charge is -2.33. The molecule has 0 radical (unpaired) electrons. The van der Waals surface area contributed by atoms with Gasteiger partial charge in [0.05, 0.1) is 20.3 Å². The van der Waals surface area contributed by atoms with Crippen LogP contribution in [0.4, 0.5) is 10.5 Å². The Kier molecular flexibility index (Phi) is 4.78. The number of morpholine rings is 1. The first-order chi connectivity index (χ1) is 11.3. The first kappa shape index (κ1) is 15.4.